The minimum absolute atomic E-state index is 0. The Morgan fingerprint density at radius 3 is 2.78 bits per heavy atom. The number of esters is 1. The minimum atomic E-state index is -0.310. The number of carbonyl (C=O) groups is 1. The lowest BCUT2D eigenvalue weighted by molar-refractivity contribution is -0.140. The second-order valence-corrected chi connectivity index (χ2v) is 5.06. The molecule has 0 saturated carbocycles. The maximum absolute atomic E-state index is 10.7. The van der Waals surface area contributed by atoms with E-state index in [1.165, 1.54) is 6.92 Å². The first-order valence-corrected chi connectivity index (χ1v) is 7.16. The molecule has 6 nitrogen and oxygen atoms in total. The van der Waals surface area contributed by atoms with Crippen LogP contribution in [0.4, 0.5) is 17.5 Å². The fraction of sp³-hybridized carbons (Fsp3) is 0.267. The molecule has 0 aliphatic rings. The summed E-state index contributed by atoms with van der Waals surface area (Å²) in [4.78, 5) is 19.3. The van der Waals surface area contributed by atoms with Crippen LogP contribution in [-0.4, -0.2) is 29.1 Å². The van der Waals surface area contributed by atoms with Crippen molar-refractivity contribution in [1.29, 1.82) is 0 Å². The lowest BCUT2D eigenvalue weighted by atomic mass is 10.3. The molecule has 0 amide bonds. The summed E-state index contributed by atoms with van der Waals surface area (Å²) in [6.45, 7) is 3.96. The number of nitrogens with one attached hydrogen (secondary N) is 2. The third-order valence-electron chi connectivity index (χ3n) is 2.64. The van der Waals surface area contributed by atoms with Gasteiger partial charge in [0.25, 0.3) is 0 Å². The fourth-order valence-corrected chi connectivity index (χ4v) is 1.97. The predicted molar refractivity (Wildman–Crippen MR) is 93.9 cm³/mol. The molecule has 0 fully saturated rings. The molecule has 0 aliphatic heterocycles. The van der Waals surface area contributed by atoms with Gasteiger partial charge in [-0.25, -0.2) is 4.98 Å². The Balaban J connectivity index is 0.00000264. The zero-order valence-electron chi connectivity index (χ0n) is 12.8. The van der Waals surface area contributed by atoms with E-state index in [0.29, 0.717) is 23.3 Å². The number of carbonyl (C=O) groups excluding carboxylic acids is 1. The number of hydrogen-bond acceptors (Lipinski definition) is 6. The molecule has 2 rings (SSSR count). The van der Waals surface area contributed by atoms with Gasteiger partial charge >= 0.3 is 5.97 Å². The molecule has 1 aromatic heterocycles. The van der Waals surface area contributed by atoms with Crippen LogP contribution < -0.4 is 10.6 Å². The Morgan fingerprint density at radius 2 is 2.09 bits per heavy atom. The van der Waals surface area contributed by atoms with E-state index in [0.717, 1.165) is 11.4 Å². The van der Waals surface area contributed by atoms with E-state index in [2.05, 4.69) is 20.6 Å². The first-order valence-electron chi connectivity index (χ1n) is 6.78. The average Bonchev–Trinajstić information content (AvgIpc) is 2.43. The van der Waals surface area contributed by atoms with Crippen LogP contribution in [0.1, 0.15) is 12.6 Å². The number of hydrogen-bond donors (Lipinski definition) is 2. The summed E-state index contributed by atoms with van der Waals surface area (Å²) in [5.41, 5.74) is 1.66. The summed E-state index contributed by atoms with van der Waals surface area (Å²) >= 11 is 5.96. The van der Waals surface area contributed by atoms with E-state index >= 15 is 0 Å². The van der Waals surface area contributed by atoms with Gasteiger partial charge in [0.05, 0.1) is 6.54 Å². The van der Waals surface area contributed by atoms with E-state index < -0.39 is 0 Å². The fourth-order valence-electron chi connectivity index (χ4n) is 1.78. The van der Waals surface area contributed by atoms with E-state index in [4.69, 9.17) is 16.3 Å². The van der Waals surface area contributed by atoms with Crippen molar-refractivity contribution >= 4 is 47.4 Å². The van der Waals surface area contributed by atoms with Crippen LogP contribution in [0.25, 0.3) is 0 Å². The van der Waals surface area contributed by atoms with Gasteiger partial charge in [0, 0.05) is 29.4 Å². The zero-order valence-corrected chi connectivity index (χ0v) is 14.4. The predicted octanol–water partition coefficient (Wildman–Crippen LogP) is 3.58. The Kier molecular flexibility index (Phi) is 7.57. The highest BCUT2D eigenvalue weighted by atomic mass is 35.5. The molecule has 23 heavy (non-hydrogen) atoms. The normalized spacial score (nSPS) is 9.70. The van der Waals surface area contributed by atoms with Gasteiger partial charge in [-0.3, -0.25) is 4.79 Å². The van der Waals surface area contributed by atoms with Crippen molar-refractivity contribution < 1.29 is 9.53 Å². The van der Waals surface area contributed by atoms with Crippen molar-refractivity contribution in [2.24, 2.45) is 0 Å². The number of anilines is 3. The SMILES string of the molecule is CC(=O)OCCNc1nc(C)cc(Nc2cccc(Cl)c2)n1.Cl. The monoisotopic (exact) mass is 356 g/mol. The highest BCUT2D eigenvalue weighted by molar-refractivity contribution is 6.30. The van der Waals surface area contributed by atoms with Gasteiger partial charge in [-0.15, -0.1) is 12.4 Å². The Labute approximate surface area is 146 Å². The lowest BCUT2D eigenvalue weighted by Gasteiger charge is -2.10. The van der Waals surface area contributed by atoms with E-state index in [9.17, 15) is 4.79 Å². The molecule has 2 aromatic rings. The largest absolute Gasteiger partial charge is 0.464 e. The Bertz CT molecular complexity index is 668. The van der Waals surface area contributed by atoms with Crippen LogP contribution in [0, 0.1) is 6.92 Å². The van der Waals surface area contributed by atoms with Crippen molar-refractivity contribution in [3.8, 4) is 0 Å². The second-order valence-electron chi connectivity index (χ2n) is 4.62. The molecular formula is C15H18Cl2N4O2. The number of aryl methyl sites for hydroxylation is 1. The first-order chi connectivity index (χ1) is 10.5. The first kappa shape index (κ1) is 19.0. The van der Waals surface area contributed by atoms with Crippen molar-refractivity contribution in [2.45, 2.75) is 13.8 Å². The average molecular weight is 357 g/mol. The van der Waals surface area contributed by atoms with Crippen molar-refractivity contribution in [3.63, 3.8) is 0 Å². The highest BCUT2D eigenvalue weighted by Gasteiger charge is 2.03. The summed E-state index contributed by atoms with van der Waals surface area (Å²) in [6, 6.07) is 9.21. The Morgan fingerprint density at radius 1 is 1.30 bits per heavy atom. The molecule has 124 valence electrons. The van der Waals surface area contributed by atoms with Gasteiger partial charge < -0.3 is 15.4 Å². The van der Waals surface area contributed by atoms with Crippen LogP contribution in [0.2, 0.25) is 5.02 Å². The third kappa shape index (κ3) is 6.71. The summed E-state index contributed by atoms with van der Waals surface area (Å²) < 4.78 is 4.85. The van der Waals surface area contributed by atoms with E-state index in [1.54, 1.807) is 6.07 Å². The second kappa shape index (κ2) is 9.17. The van der Waals surface area contributed by atoms with Crippen LogP contribution >= 0.6 is 24.0 Å². The van der Waals surface area contributed by atoms with Crippen LogP contribution in [-0.2, 0) is 9.53 Å². The maximum Gasteiger partial charge on any atom is 0.302 e. The van der Waals surface area contributed by atoms with Gasteiger partial charge in [-0.05, 0) is 25.1 Å². The number of nitrogens with zero attached hydrogens (tertiary/aromatic N) is 2. The molecule has 0 spiro atoms. The molecule has 1 aromatic carbocycles. The number of rotatable bonds is 6. The lowest BCUT2D eigenvalue weighted by Crippen LogP contribution is -2.14. The number of halogens is 2. The van der Waals surface area contributed by atoms with E-state index in [1.807, 2.05) is 31.2 Å². The molecule has 8 heteroatoms. The van der Waals surface area contributed by atoms with Gasteiger partial charge in [0.15, 0.2) is 0 Å². The summed E-state index contributed by atoms with van der Waals surface area (Å²) in [7, 11) is 0. The molecule has 0 atom stereocenters. The maximum atomic E-state index is 10.7. The van der Waals surface area contributed by atoms with Crippen LogP contribution in [0.15, 0.2) is 30.3 Å². The van der Waals surface area contributed by atoms with Gasteiger partial charge in [-0.1, -0.05) is 17.7 Å². The molecule has 0 bridgehead atoms. The summed E-state index contributed by atoms with van der Waals surface area (Å²) in [5.74, 6) is 0.816. The molecule has 0 radical (unpaired) electrons. The third-order valence-corrected chi connectivity index (χ3v) is 2.88. The number of benzene rings is 1. The molecule has 0 aliphatic carbocycles. The molecule has 1 heterocycles. The van der Waals surface area contributed by atoms with Crippen molar-refractivity contribution in [1.82, 2.24) is 9.97 Å². The van der Waals surface area contributed by atoms with Crippen LogP contribution in [0.5, 0.6) is 0 Å². The van der Waals surface area contributed by atoms with Gasteiger partial charge in [-0.2, -0.15) is 4.98 Å². The molecule has 0 unspecified atom stereocenters. The van der Waals surface area contributed by atoms with Crippen molar-refractivity contribution in [2.75, 3.05) is 23.8 Å². The van der Waals surface area contributed by atoms with Crippen molar-refractivity contribution in [3.05, 3.63) is 41.0 Å². The summed E-state index contributed by atoms with van der Waals surface area (Å²) in [5, 5.41) is 6.84. The zero-order chi connectivity index (χ0) is 15.9. The Hall–Kier alpha value is -2.05. The van der Waals surface area contributed by atoms with Gasteiger partial charge in [0.1, 0.15) is 12.4 Å². The number of aromatic nitrogens is 2. The minimum Gasteiger partial charge on any atom is -0.464 e. The standard InChI is InChI=1S/C15H17ClN4O2.ClH/c1-10-8-14(19-13-5-3-4-12(16)9-13)20-15(18-10)17-6-7-22-11(2)21;/h3-5,8-9H,6-7H2,1-2H3,(H2,17,18,19,20);1H. The smallest absolute Gasteiger partial charge is 0.302 e. The molecular weight excluding hydrogens is 339 g/mol. The van der Waals surface area contributed by atoms with Crippen LogP contribution in [0.3, 0.4) is 0 Å². The highest BCUT2D eigenvalue weighted by Crippen LogP contribution is 2.20. The summed E-state index contributed by atoms with van der Waals surface area (Å²) in [6.07, 6.45) is 0. The number of ether oxygens (including phenoxy) is 1. The quantitative estimate of drug-likeness (QED) is 0.608. The van der Waals surface area contributed by atoms with Gasteiger partial charge in [0.2, 0.25) is 5.95 Å². The topological polar surface area (TPSA) is 76.1 Å². The molecule has 0 saturated heterocycles. The van der Waals surface area contributed by atoms with E-state index in [-0.39, 0.29) is 25.0 Å². The molecule has 2 N–H and O–H groups in total.